The first kappa shape index (κ1) is 17.0. The van der Waals surface area contributed by atoms with Crippen LogP contribution in [-0.4, -0.2) is 46.2 Å². The topological polar surface area (TPSA) is 36.9 Å². The van der Waals surface area contributed by atoms with E-state index in [1.54, 1.807) is 0 Å². The second-order valence-corrected chi connectivity index (χ2v) is 4.47. The monoisotopic (exact) mass is 282 g/mol. The fourth-order valence-electron chi connectivity index (χ4n) is 1.68. The van der Waals surface area contributed by atoms with Crippen LogP contribution in [0, 0.1) is 13.8 Å². The molecule has 4 nitrogen and oxygen atoms in total. The Balaban J connectivity index is 1.98. The van der Waals surface area contributed by atoms with Crippen molar-refractivity contribution in [2.75, 3.05) is 46.2 Å². The van der Waals surface area contributed by atoms with E-state index in [0.717, 1.165) is 12.4 Å². The molecule has 0 unspecified atom stereocenters. The van der Waals surface area contributed by atoms with Crippen molar-refractivity contribution >= 4 is 0 Å². The zero-order valence-electron chi connectivity index (χ0n) is 12.8. The maximum Gasteiger partial charge on any atom is 0.122 e. The predicted molar refractivity (Wildman–Crippen MR) is 79.5 cm³/mol. The second-order valence-electron chi connectivity index (χ2n) is 4.47. The van der Waals surface area contributed by atoms with E-state index in [4.69, 9.17) is 18.9 Å². The molecule has 0 radical (unpaired) electrons. The number of hydrogen-bond acceptors (Lipinski definition) is 4. The van der Waals surface area contributed by atoms with Gasteiger partial charge in [0.05, 0.1) is 33.0 Å². The second kappa shape index (κ2) is 10.7. The van der Waals surface area contributed by atoms with E-state index in [1.165, 1.54) is 11.1 Å². The molecule has 20 heavy (non-hydrogen) atoms. The van der Waals surface area contributed by atoms with Gasteiger partial charge in [0.25, 0.3) is 0 Å². The normalized spacial score (nSPS) is 10.8. The van der Waals surface area contributed by atoms with Crippen molar-refractivity contribution < 1.29 is 18.9 Å². The highest BCUT2D eigenvalue weighted by Gasteiger charge is 2.01. The molecule has 1 rings (SSSR count). The summed E-state index contributed by atoms with van der Waals surface area (Å²) in [6.45, 7) is 10.4. The number of rotatable bonds is 11. The summed E-state index contributed by atoms with van der Waals surface area (Å²) < 4.78 is 21.6. The van der Waals surface area contributed by atoms with Crippen molar-refractivity contribution in [1.82, 2.24) is 0 Å². The summed E-state index contributed by atoms with van der Waals surface area (Å²) in [5, 5.41) is 0. The molecule has 0 aliphatic carbocycles. The highest BCUT2D eigenvalue weighted by molar-refractivity contribution is 5.38. The fourth-order valence-corrected chi connectivity index (χ4v) is 1.68. The molecule has 0 saturated carbocycles. The van der Waals surface area contributed by atoms with Gasteiger partial charge in [-0.1, -0.05) is 12.1 Å². The van der Waals surface area contributed by atoms with E-state index in [2.05, 4.69) is 19.9 Å². The molecule has 0 saturated heterocycles. The quantitative estimate of drug-likeness (QED) is 0.585. The smallest absolute Gasteiger partial charge is 0.122 e. The van der Waals surface area contributed by atoms with Crippen LogP contribution in [0.5, 0.6) is 5.75 Å². The Kier molecular flexibility index (Phi) is 9.04. The summed E-state index contributed by atoms with van der Waals surface area (Å²) in [4.78, 5) is 0. The lowest BCUT2D eigenvalue weighted by atomic mass is 10.1. The van der Waals surface area contributed by atoms with Crippen LogP contribution in [0.4, 0.5) is 0 Å². The lowest BCUT2D eigenvalue weighted by Gasteiger charge is -2.11. The van der Waals surface area contributed by atoms with Crippen molar-refractivity contribution in [1.29, 1.82) is 0 Å². The van der Waals surface area contributed by atoms with Crippen LogP contribution >= 0.6 is 0 Å². The van der Waals surface area contributed by atoms with Crippen LogP contribution in [0.3, 0.4) is 0 Å². The summed E-state index contributed by atoms with van der Waals surface area (Å²) in [7, 11) is 0. The number of ether oxygens (including phenoxy) is 4. The van der Waals surface area contributed by atoms with Gasteiger partial charge >= 0.3 is 0 Å². The van der Waals surface area contributed by atoms with Crippen LogP contribution in [0.25, 0.3) is 0 Å². The molecule has 0 aliphatic heterocycles. The Bertz CT molecular complexity index is 365. The molecule has 0 aliphatic rings. The molecule has 0 bridgehead atoms. The molecule has 1 aromatic carbocycles. The number of hydrogen-bond donors (Lipinski definition) is 0. The fraction of sp³-hybridized carbons (Fsp3) is 0.625. The van der Waals surface area contributed by atoms with Crippen molar-refractivity contribution in [2.45, 2.75) is 20.8 Å². The molecule has 0 atom stereocenters. The molecule has 0 fully saturated rings. The molecule has 0 aromatic heterocycles. The third-order valence-corrected chi connectivity index (χ3v) is 2.99. The van der Waals surface area contributed by atoms with Crippen molar-refractivity contribution in [3.05, 3.63) is 29.3 Å². The Labute approximate surface area is 122 Å². The van der Waals surface area contributed by atoms with Gasteiger partial charge in [0.1, 0.15) is 12.4 Å². The first-order valence-electron chi connectivity index (χ1n) is 7.18. The third-order valence-electron chi connectivity index (χ3n) is 2.99. The van der Waals surface area contributed by atoms with E-state index in [0.29, 0.717) is 39.6 Å². The Morgan fingerprint density at radius 1 is 0.800 bits per heavy atom. The van der Waals surface area contributed by atoms with Crippen LogP contribution in [-0.2, 0) is 14.2 Å². The molecule has 0 N–H and O–H groups in total. The van der Waals surface area contributed by atoms with Gasteiger partial charge in [-0.05, 0) is 38.0 Å². The first-order chi connectivity index (χ1) is 9.75. The molecule has 114 valence electrons. The predicted octanol–water partition coefficient (Wildman–Crippen LogP) is 2.75. The highest BCUT2D eigenvalue weighted by atomic mass is 16.6. The van der Waals surface area contributed by atoms with E-state index >= 15 is 0 Å². The van der Waals surface area contributed by atoms with Crippen molar-refractivity contribution in [3.8, 4) is 5.75 Å². The van der Waals surface area contributed by atoms with Gasteiger partial charge in [0, 0.05) is 6.61 Å². The van der Waals surface area contributed by atoms with E-state index < -0.39 is 0 Å². The maximum atomic E-state index is 5.69. The highest BCUT2D eigenvalue weighted by Crippen LogP contribution is 2.20. The van der Waals surface area contributed by atoms with E-state index in [9.17, 15) is 0 Å². The van der Waals surface area contributed by atoms with Crippen molar-refractivity contribution in [2.24, 2.45) is 0 Å². The standard InChI is InChI=1S/C16H26O4/c1-4-17-8-9-18-10-11-19-12-13-20-16-7-5-6-14(2)15(16)3/h5-7H,4,8-13H2,1-3H3. The molecule has 4 heteroatoms. The Hall–Kier alpha value is -1.10. The third kappa shape index (κ3) is 6.89. The van der Waals surface area contributed by atoms with Gasteiger partial charge in [0.15, 0.2) is 0 Å². The van der Waals surface area contributed by atoms with Gasteiger partial charge in [-0.25, -0.2) is 0 Å². The summed E-state index contributed by atoms with van der Waals surface area (Å²) >= 11 is 0. The summed E-state index contributed by atoms with van der Waals surface area (Å²) in [6.07, 6.45) is 0. The van der Waals surface area contributed by atoms with Crippen LogP contribution in [0.2, 0.25) is 0 Å². The minimum atomic E-state index is 0.559. The number of aryl methyl sites for hydroxylation is 1. The summed E-state index contributed by atoms with van der Waals surface area (Å²) in [5.41, 5.74) is 2.43. The molecular weight excluding hydrogens is 256 g/mol. The SMILES string of the molecule is CCOCCOCCOCCOc1cccc(C)c1C. The lowest BCUT2D eigenvalue weighted by Crippen LogP contribution is -2.13. The zero-order valence-corrected chi connectivity index (χ0v) is 12.8. The molecule has 0 amide bonds. The van der Waals surface area contributed by atoms with Crippen LogP contribution < -0.4 is 4.74 Å². The first-order valence-corrected chi connectivity index (χ1v) is 7.18. The zero-order chi connectivity index (χ0) is 14.6. The molecule has 1 aromatic rings. The van der Waals surface area contributed by atoms with Gasteiger partial charge in [-0.3, -0.25) is 0 Å². The molecular formula is C16H26O4. The van der Waals surface area contributed by atoms with Gasteiger partial charge in [0.2, 0.25) is 0 Å². The van der Waals surface area contributed by atoms with Gasteiger partial charge in [-0.15, -0.1) is 0 Å². The van der Waals surface area contributed by atoms with Gasteiger partial charge in [-0.2, -0.15) is 0 Å². The largest absolute Gasteiger partial charge is 0.491 e. The van der Waals surface area contributed by atoms with E-state index in [1.807, 2.05) is 19.1 Å². The Morgan fingerprint density at radius 3 is 2.05 bits per heavy atom. The summed E-state index contributed by atoms with van der Waals surface area (Å²) in [6, 6.07) is 6.07. The average molecular weight is 282 g/mol. The Morgan fingerprint density at radius 2 is 1.40 bits per heavy atom. The van der Waals surface area contributed by atoms with E-state index in [-0.39, 0.29) is 0 Å². The minimum absolute atomic E-state index is 0.559. The summed E-state index contributed by atoms with van der Waals surface area (Å²) in [5.74, 6) is 0.932. The van der Waals surface area contributed by atoms with Gasteiger partial charge < -0.3 is 18.9 Å². The molecule has 0 spiro atoms. The molecule has 0 heterocycles. The average Bonchev–Trinajstić information content (AvgIpc) is 2.45. The van der Waals surface area contributed by atoms with Crippen LogP contribution in [0.15, 0.2) is 18.2 Å². The minimum Gasteiger partial charge on any atom is -0.491 e. The lowest BCUT2D eigenvalue weighted by molar-refractivity contribution is 0.0113. The van der Waals surface area contributed by atoms with Crippen LogP contribution in [0.1, 0.15) is 18.1 Å². The number of benzene rings is 1. The maximum absolute atomic E-state index is 5.69. The van der Waals surface area contributed by atoms with Crippen molar-refractivity contribution in [3.63, 3.8) is 0 Å².